The summed E-state index contributed by atoms with van der Waals surface area (Å²) in [6.45, 7) is 4.31. The number of aromatic nitrogens is 3. The van der Waals surface area contributed by atoms with Crippen molar-refractivity contribution in [3.8, 4) is 0 Å². The number of nitrogens with one attached hydrogen (secondary N) is 2. The Morgan fingerprint density at radius 2 is 2.12 bits per heavy atom. The molecule has 2 N–H and O–H groups in total. The molecule has 0 unspecified atom stereocenters. The van der Waals surface area contributed by atoms with E-state index < -0.39 is 0 Å². The van der Waals surface area contributed by atoms with E-state index in [2.05, 4.69) is 15.3 Å². The van der Waals surface area contributed by atoms with Crippen LogP contribution in [0.4, 0.5) is 5.82 Å². The van der Waals surface area contributed by atoms with E-state index in [1.165, 1.54) is 0 Å². The van der Waals surface area contributed by atoms with Gasteiger partial charge in [-0.2, -0.15) is 0 Å². The number of rotatable bonds is 6. The second kappa shape index (κ2) is 9.50. The molecule has 2 aromatic carbocycles. The first-order valence-electron chi connectivity index (χ1n) is 11.8. The zero-order valence-electron chi connectivity index (χ0n) is 19.2. The molecule has 34 heavy (non-hydrogen) atoms. The van der Waals surface area contributed by atoms with E-state index >= 15 is 0 Å². The van der Waals surface area contributed by atoms with Crippen molar-refractivity contribution >= 4 is 45.3 Å². The van der Waals surface area contributed by atoms with Crippen LogP contribution in [0.3, 0.4) is 0 Å². The molecule has 176 valence electrons. The average molecular weight is 478 g/mol. The van der Waals surface area contributed by atoms with Crippen molar-refractivity contribution in [2.45, 2.75) is 32.7 Å². The van der Waals surface area contributed by atoms with Gasteiger partial charge in [0.15, 0.2) is 5.82 Å². The van der Waals surface area contributed by atoms with E-state index in [0.717, 1.165) is 53.3 Å². The summed E-state index contributed by atoms with van der Waals surface area (Å²) in [7, 11) is 0. The van der Waals surface area contributed by atoms with Gasteiger partial charge in [-0.3, -0.25) is 9.59 Å². The number of fused-ring (bicyclic) bond motifs is 2. The minimum atomic E-state index is -0.172. The first-order chi connectivity index (χ1) is 16.5. The smallest absolute Gasteiger partial charge is 0.293 e. The number of nitrogens with zero attached hydrogens (tertiary/aromatic N) is 3. The van der Waals surface area contributed by atoms with Gasteiger partial charge >= 0.3 is 0 Å². The van der Waals surface area contributed by atoms with Gasteiger partial charge in [-0.1, -0.05) is 23.7 Å². The average Bonchev–Trinajstić information content (AvgIpc) is 3.25. The van der Waals surface area contributed by atoms with Gasteiger partial charge in [0, 0.05) is 48.3 Å². The molecule has 8 heteroatoms. The van der Waals surface area contributed by atoms with Gasteiger partial charge in [-0.05, 0) is 62.1 Å². The molecule has 0 bridgehead atoms. The number of piperidine rings is 1. The molecule has 0 radical (unpaired) electrons. The molecule has 0 aliphatic carbocycles. The van der Waals surface area contributed by atoms with Crippen LogP contribution in [-0.4, -0.2) is 40.1 Å². The second-order valence-electron chi connectivity index (χ2n) is 8.80. The fourth-order valence-electron chi connectivity index (χ4n) is 4.90. The van der Waals surface area contributed by atoms with Gasteiger partial charge in [0.2, 0.25) is 5.91 Å². The van der Waals surface area contributed by atoms with Crippen LogP contribution in [0.25, 0.3) is 21.9 Å². The van der Waals surface area contributed by atoms with Crippen molar-refractivity contribution in [2.24, 2.45) is 5.92 Å². The van der Waals surface area contributed by atoms with Crippen LogP contribution in [0.1, 0.15) is 25.3 Å². The summed E-state index contributed by atoms with van der Waals surface area (Å²) >= 11 is 6.14. The molecule has 1 aliphatic rings. The van der Waals surface area contributed by atoms with Gasteiger partial charge in [-0.15, -0.1) is 0 Å². The van der Waals surface area contributed by atoms with Crippen LogP contribution in [-0.2, 0) is 17.8 Å². The summed E-state index contributed by atoms with van der Waals surface area (Å²) in [6.07, 6.45) is 4.34. The lowest BCUT2D eigenvalue weighted by Crippen LogP contribution is -2.46. The molecule has 1 fully saturated rings. The van der Waals surface area contributed by atoms with Crippen LogP contribution in [0.2, 0.25) is 5.02 Å². The topological polar surface area (TPSA) is 83.0 Å². The third-order valence-electron chi connectivity index (χ3n) is 6.67. The molecule has 1 aliphatic heterocycles. The van der Waals surface area contributed by atoms with Crippen molar-refractivity contribution in [1.29, 1.82) is 0 Å². The number of hydrogen-bond acceptors (Lipinski definition) is 4. The fraction of sp³-hybridized carbons (Fsp3) is 0.346. The molecule has 5 rings (SSSR count). The number of aryl methyl sites for hydroxylation is 1. The van der Waals surface area contributed by atoms with Gasteiger partial charge < -0.3 is 19.8 Å². The molecule has 0 spiro atoms. The van der Waals surface area contributed by atoms with Crippen LogP contribution in [0.5, 0.6) is 0 Å². The van der Waals surface area contributed by atoms with Crippen LogP contribution < -0.4 is 15.8 Å². The number of aromatic amines is 1. The van der Waals surface area contributed by atoms with Crippen LogP contribution >= 0.6 is 11.6 Å². The summed E-state index contributed by atoms with van der Waals surface area (Å²) < 4.78 is 1.76. The molecular weight excluding hydrogens is 450 g/mol. The first-order valence-corrected chi connectivity index (χ1v) is 12.2. The number of carbonyl (C=O) groups excluding carboxylic acids is 1. The Balaban J connectivity index is 1.27. The number of carbonyl (C=O) groups is 1. The largest absolute Gasteiger partial charge is 0.361 e. The molecule has 4 aromatic rings. The Bertz CT molecular complexity index is 1410. The highest BCUT2D eigenvalue weighted by molar-refractivity contribution is 6.31. The SMILES string of the molecule is CCn1c(=O)c(N2CCC[C@H](C(=O)NCCc3c[nH]c4ccc(Cl)cc34)C2)nc2ccccc21. The maximum absolute atomic E-state index is 13.2. The summed E-state index contributed by atoms with van der Waals surface area (Å²) in [5.41, 5.74) is 3.70. The number of para-hydroxylation sites is 2. The number of amides is 1. The lowest BCUT2D eigenvalue weighted by molar-refractivity contribution is -0.125. The minimum absolute atomic E-state index is 0.0270. The Kier molecular flexibility index (Phi) is 6.28. The van der Waals surface area contributed by atoms with Gasteiger partial charge in [0.25, 0.3) is 5.56 Å². The zero-order chi connectivity index (χ0) is 23.7. The lowest BCUT2D eigenvalue weighted by Gasteiger charge is -2.32. The molecule has 0 saturated carbocycles. The Labute approximate surface area is 202 Å². The number of halogens is 1. The zero-order valence-corrected chi connectivity index (χ0v) is 19.9. The van der Waals surface area contributed by atoms with Crippen molar-refractivity contribution < 1.29 is 4.79 Å². The highest BCUT2D eigenvalue weighted by Crippen LogP contribution is 2.24. The van der Waals surface area contributed by atoms with Crippen molar-refractivity contribution in [3.63, 3.8) is 0 Å². The van der Waals surface area contributed by atoms with Gasteiger partial charge in [0.1, 0.15) is 0 Å². The highest BCUT2D eigenvalue weighted by Gasteiger charge is 2.28. The summed E-state index contributed by atoms with van der Waals surface area (Å²) in [5.74, 6) is 0.293. The second-order valence-corrected chi connectivity index (χ2v) is 9.24. The quantitative estimate of drug-likeness (QED) is 0.437. The third-order valence-corrected chi connectivity index (χ3v) is 6.90. The number of H-pyrrole nitrogens is 1. The van der Waals surface area contributed by atoms with Crippen molar-refractivity contribution in [2.75, 3.05) is 24.5 Å². The molecule has 1 amide bonds. The maximum Gasteiger partial charge on any atom is 0.293 e. The van der Waals surface area contributed by atoms with E-state index in [0.29, 0.717) is 30.5 Å². The molecule has 2 aromatic heterocycles. The first kappa shape index (κ1) is 22.5. The molecule has 1 atom stereocenters. The van der Waals surface area contributed by atoms with Crippen molar-refractivity contribution in [3.05, 3.63) is 69.6 Å². The number of hydrogen-bond donors (Lipinski definition) is 2. The molecule has 7 nitrogen and oxygen atoms in total. The summed E-state index contributed by atoms with van der Waals surface area (Å²) in [4.78, 5) is 36.1. The monoisotopic (exact) mass is 477 g/mol. The molecule has 1 saturated heterocycles. The van der Waals surface area contributed by atoms with E-state index in [1.807, 2.05) is 60.5 Å². The van der Waals surface area contributed by atoms with E-state index in [9.17, 15) is 9.59 Å². The van der Waals surface area contributed by atoms with Crippen LogP contribution in [0, 0.1) is 5.92 Å². The predicted octanol–water partition coefficient (Wildman–Crippen LogP) is 4.13. The minimum Gasteiger partial charge on any atom is -0.361 e. The van der Waals surface area contributed by atoms with E-state index in [1.54, 1.807) is 4.57 Å². The van der Waals surface area contributed by atoms with E-state index in [-0.39, 0.29) is 17.4 Å². The molecule has 3 heterocycles. The van der Waals surface area contributed by atoms with Gasteiger partial charge in [0.05, 0.1) is 17.0 Å². The fourth-order valence-corrected chi connectivity index (χ4v) is 5.08. The van der Waals surface area contributed by atoms with Crippen LogP contribution in [0.15, 0.2) is 53.5 Å². The lowest BCUT2D eigenvalue weighted by atomic mass is 9.97. The Hall–Kier alpha value is -3.32. The number of benzene rings is 2. The van der Waals surface area contributed by atoms with Gasteiger partial charge in [-0.25, -0.2) is 4.98 Å². The molecular formula is C26H28ClN5O2. The normalized spacial score (nSPS) is 16.3. The summed E-state index contributed by atoms with van der Waals surface area (Å²) in [5, 5.41) is 4.87. The Morgan fingerprint density at radius 3 is 2.97 bits per heavy atom. The van der Waals surface area contributed by atoms with Crippen molar-refractivity contribution in [1.82, 2.24) is 19.9 Å². The Morgan fingerprint density at radius 1 is 1.26 bits per heavy atom. The summed E-state index contributed by atoms with van der Waals surface area (Å²) in [6, 6.07) is 13.5. The third kappa shape index (κ3) is 4.28. The number of anilines is 1. The standard InChI is InChI=1S/C26H28ClN5O2/c1-2-32-23-8-4-3-7-22(23)30-24(26(32)34)31-13-5-6-18(16-31)25(33)28-12-11-17-15-29-21-10-9-19(27)14-20(17)21/h3-4,7-10,14-15,18,29H,2,5-6,11-13,16H2,1H3,(H,28,33)/t18-/m0/s1. The predicted molar refractivity (Wildman–Crippen MR) is 137 cm³/mol. The van der Waals surface area contributed by atoms with E-state index in [4.69, 9.17) is 11.6 Å². The maximum atomic E-state index is 13.2. The highest BCUT2D eigenvalue weighted by atomic mass is 35.5.